The molecule has 2 N–H and O–H groups in total. The third-order valence-corrected chi connectivity index (χ3v) is 7.71. The van der Waals surface area contributed by atoms with E-state index in [2.05, 4.69) is 77.3 Å². The van der Waals surface area contributed by atoms with Gasteiger partial charge in [0.2, 0.25) is 0 Å². The number of hydrogen-bond acceptors (Lipinski definition) is 4. The summed E-state index contributed by atoms with van der Waals surface area (Å²) in [6, 6.07) is 4.55. The Labute approximate surface area is 146 Å². The Balaban J connectivity index is 2.12. The summed E-state index contributed by atoms with van der Waals surface area (Å²) in [4.78, 5) is 3.57. The molecule has 1 atom stereocenters. The van der Waals surface area contributed by atoms with Crippen molar-refractivity contribution in [1.29, 1.82) is 0 Å². The quantitative estimate of drug-likeness (QED) is 0.624. The van der Waals surface area contributed by atoms with Gasteiger partial charge >= 0.3 is 0 Å². The van der Waals surface area contributed by atoms with Crippen molar-refractivity contribution in [3.05, 3.63) is 40.0 Å². The lowest BCUT2D eigenvalue weighted by atomic mass is 10.2. The van der Waals surface area contributed by atoms with Crippen molar-refractivity contribution in [3.63, 3.8) is 0 Å². The largest absolute Gasteiger partial charge is 0.329 e. The number of likely N-dealkylation sites (N-methyl/N-ethyl adjacent to an activating group) is 1. The van der Waals surface area contributed by atoms with Crippen LogP contribution in [0.25, 0.3) is 0 Å². The zero-order chi connectivity index (χ0) is 14.0. The Morgan fingerprint density at radius 3 is 2.53 bits per heavy atom. The topological polar surface area (TPSA) is 29.3 Å². The van der Waals surface area contributed by atoms with Gasteiger partial charge in [0.25, 0.3) is 0 Å². The molecule has 2 rings (SSSR count). The van der Waals surface area contributed by atoms with Crippen molar-refractivity contribution in [2.24, 2.45) is 5.73 Å². The van der Waals surface area contributed by atoms with Gasteiger partial charge in [-0.2, -0.15) is 0 Å². The third kappa shape index (κ3) is 4.12. The van der Waals surface area contributed by atoms with Gasteiger partial charge in [-0.1, -0.05) is 0 Å². The maximum absolute atomic E-state index is 5.95. The van der Waals surface area contributed by atoms with E-state index in [1.54, 1.807) is 22.7 Å². The van der Waals surface area contributed by atoms with Crippen LogP contribution < -0.4 is 5.73 Å². The fraction of sp³-hybridized carbons (Fsp3) is 0.333. The van der Waals surface area contributed by atoms with Gasteiger partial charge in [0.1, 0.15) is 0 Å². The van der Waals surface area contributed by atoms with Gasteiger partial charge in [-0.3, -0.25) is 4.90 Å². The van der Waals surface area contributed by atoms with E-state index in [9.17, 15) is 0 Å². The van der Waals surface area contributed by atoms with Crippen LogP contribution in [0.2, 0.25) is 0 Å². The van der Waals surface area contributed by atoms with Crippen LogP contribution in [-0.4, -0.2) is 18.5 Å². The van der Waals surface area contributed by atoms with E-state index in [4.69, 9.17) is 5.73 Å². The van der Waals surface area contributed by atoms with Crippen LogP contribution in [0.4, 0.5) is 0 Å². The standard InChI is InChI=1S/C12H13Br3N2S2/c1-17(5-7-2-11(14)18-6-7)9(4-16)10-3-8(13)12(15)19-10/h2-3,6,9H,4-5,16H2,1H3. The zero-order valence-corrected chi connectivity index (χ0v) is 16.6. The smallest absolute Gasteiger partial charge is 0.0843 e. The lowest BCUT2D eigenvalue weighted by molar-refractivity contribution is 0.245. The van der Waals surface area contributed by atoms with Gasteiger partial charge in [0.15, 0.2) is 0 Å². The highest BCUT2D eigenvalue weighted by Crippen LogP contribution is 2.37. The minimum Gasteiger partial charge on any atom is -0.329 e. The first-order valence-electron chi connectivity index (χ1n) is 5.59. The molecule has 0 spiro atoms. The molecular weight excluding hydrogens is 476 g/mol. The van der Waals surface area contributed by atoms with Crippen molar-refractivity contribution in [1.82, 2.24) is 4.90 Å². The highest BCUT2D eigenvalue weighted by Gasteiger charge is 2.19. The molecule has 104 valence electrons. The molecule has 1 unspecified atom stereocenters. The Morgan fingerprint density at radius 2 is 2.05 bits per heavy atom. The van der Waals surface area contributed by atoms with Crippen molar-refractivity contribution >= 4 is 70.5 Å². The Morgan fingerprint density at radius 1 is 1.32 bits per heavy atom. The van der Waals surface area contributed by atoms with Gasteiger partial charge in [0, 0.05) is 22.4 Å². The van der Waals surface area contributed by atoms with E-state index in [1.165, 1.54) is 14.2 Å². The maximum atomic E-state index is 5.95. The number of thiophene rings is 2. The third-order valence-electron chi connectivity index (χ3n) is 2.80. The van der Waals surface area contributed by atoms with Crippen LogP contribution in [-0.2, 0) is 6.54 Å². The van der Waals surface area contributed by atoms with Crippen molar-refractivity contribution < 1.29 is 0 Å². The second-order valence-corrected chi connectivity index (χ2v) is 9.74. The summed E-state index contributed by atoms with van der Waals surface area (Å²) in [5.41, 5.74) is 7.26. The lowest BCUT2D eigenvalue weighted by Gasteiger charge is -2.25. The SMILES string of the molecule is CN(Cc1csc(Br)c1)C(CN)c1cc(Br)c(Br)s1. The predicted octanol–water partition coefficient (Wildman–Crippen LogP) is 5.23. The molecule has 2 heterocycles. The second-order valence-electron chi connectivity index (χ2n) is 4.20. The van der Waals surface area contributed by atoms with Gasteiger partial charge < -0.3 is 5.73 Å². The average Bonchev–Trinajstić information content (AvgIpc) is 2.88. The molecule has 0 fully saturated rings. The molecule has 19 heavy (non-hydrogen) atoms. The molecule has 0 radical (unpaired) electrons. The zero-order valence-electron chi connectivity index (χ0n) is 10.2. The van der Waals surface area contributed by atoms with Crippen molar-refractivity contribution in [3.8, 4) is 0 Å². The molecular formula is C12H13Br3N2S2. The fourth-order valence-electron chi connectivity index (χ4n) is 1.87. The molecule has 0 aliphatic rings. The summed E-state index contributed by atoms with van der Waals surface area (Å²) in [5, 5.41) is 2.18. The molecule has 2 nitrogen and oxygen atoms in total. The Hall–Kier alpha value is 0.760. The van der Waals surface area contributed by atoms with Crippen LogP contribution in [0.15, 0.2) is 29.6 Å². The first-order chi connectivity index (χ1) is 9.01. The first kappa shape index (κ1) is 16.1. The van der Waals surface area contributed by atoms with E-state index in [0.29, 0.717) is 6.54 Å². The highest BCUT2D eigenvalue weighted by molar-refractivity contribution is 9.13. The predicted molar refractivity (Wildman–Crippen MR) is 95.0 cm³/mol. The van der Waals surface area contributed by atoms with Crippen LogP contribution in [0, 0.1) is 0 Å². The normalized spacial score (nSPS) is 13.2. The summed E-state index contributed by atoms with van der Waals surface area (Å²) in [6.45, 7) is 1.51. The molecule has 0 aliphatic heterocycles. The number of hydrogen-bond donors (Lipinski definition) is 1. The molecule has 0 saturated carbocycles. The molecule has 2 aromatic heterocycles. The van der Waals surface area contributed by atoms with E-state index < -0.39 is 0 Å². The molecule has 2 aromatic rings. The number of nitrogens with two attached hydrogens (primary N) is 1. The fourth-order valence-corrected chi connectivity index (χ4v) is 5.34. The number of halogens is 3. The molecule has 0 bridgehead atoms. The average molecular weight is 489 g/mol. The minimum atomic E-state index is 0.242. The highest BCUT2D eigenvalue weighted by atomic mass is 79.9. The number of rotatable bonds is 5. The van der Waals surface area contributed by atoms with E-state index in [-0.39, 0.29) is 6.04 Å². The van der Waals surface area contributed by atoms with E-state index in [0.717, 1.165) is 14.8 Å². The Kier molecular flexibility index (Phi) is 6.08. The van der Waals surface area contributed by atoms with Crippen LogP contribution in [0.3, 0.4) is 0 Å². The second kappa shape index (κ2) is 7.15. The van der Waals surface area contributed by atoms with Gasteiger partial charge in [-0.25, -0.2) is 0 Å². The van der Waals surface area contributed by atoms with E-state index >= 15 is 0 Å². The van der Waals surface area contributed by atoms with E-state index in [1.807, 2.05) is 0 Å². The molecule has 0 amide bonds. The van der Waals surface area contributed by atoms with Crippen LogP contribution >= 0.6 is 70.5 Å². The molecule has 0 saturated heterocycles. The summed E-state index contributed by atoms with van der Waals surface area (Å²) < 4.78 is 3.38. The lowest BCUT2D eigenvalue weighted by Crippen LogP contribution is -2.29. The summed E-state index contributed by atoms with van der Waals surface area (Å²) in [6.07, 6.45) is 0. The molecule has 0 aliphatic carbocycles. The summed E-state index contributed by atoms with van der Waals surface area (Å²) in [5.74, 6) is 0. The number of nitrogens with zero attached hydrogens (tertiary/aromatic N) is 1. The van der Waals surface area contributed by atoms with Gasteiger partial charge in [-0.15, -0.1) is 22.7 Å². The van der Waals surface area contributed by atoms with Crippen molar-refractivity contribution in [2.75, 3.05) is 13.6 Å². The van der Waals surface area contributed by atoms with Crippen LogP contribution in [0.5, 0.6) is 0 Å². The Bertz CT molecular complexity index is 533. The summed E-state index contributed by atoms with van der Waals surface area (Å²) >= 11 is 14.0. The van der Waals surface area contributed by atoms with Crippen LogP contribution in [0.1, 0.15) is 16.5 Å². The molecule has 7 heteroatoms. The minimum absolute atomic E-state index is 0.242. The maximum Gasteiger partial charge on any atom is 0.0843 e. The molecule has 0 aromatic carbocycles. The van der Waals surface area contributed by atoms with Gasteiger partial charge in [-0.05, 0) is 77.9 Å². The van der Waals surface area contributed by atoms with Gasteiger partial charge in [0.05, 0.1) is 13.6 Å². The first-order valence-corrected chi connectivity index (χ1v) is 9.66. The summed E-state index contributed by atoms with van der Waals surface area (Å²) in [7, 11) is 2.12. The van der Waals surface area contributed by atoms with Crippen molar-refractivity contribution in [2.45, 2.75) is 12.6 Å². The monoisotopic (exact) mass is 486 g/mol.